The third-order valence-corrected chi connectivity index (χ3v) is 5.76. The normalized spacial score (nSPS) is 24.4. The van der Waals surface area contributed by atoms with Crippen molar-refractivity contribution in [1.29, 1.82) is 0 Å². The summed E-state index contributed by atoms with van der Waals surface area (Å²) in [6.45, 7) is 1.93. The van der Waals surface area contributed by atoms with Gasteiger partial charge in [-0.15, -0.1) is 5.10 Å². The van der Waals surface area contributed by atoms with Crippen molar-refractivity contribution in [3.05, 3.63) is 5.82 Å². The van der Waals surface area contributed by atoms with Gasteiger partial charge in [0.05, 0.1) is 18.8 Å². The summed E-state index contributed by atoms with van der Waals surface area (Å²) in [5.74, 6) is 1.77. The molecule has 2 saturated carbocycles. The number of nitrogens with one attached hydrogen (secondary N) is 2. The lowest BCUT2D eigenvalue weighted by Crippen LogP contribution is -2.53. The molecule has 1 aliphatic heterocycles. The average molecular weight is 333 g/mol. The van der Waals surface area contributed by atoms with Crippen LogP contribution in [0.2, 0.25) is 0 Å². The molecule has 2 aliphatic carbocycles. The smallest absolute Gasteiger partial charge is 0.324 e. The Labute approximate surface area is 142 Å². The van der Waals surface area contributed by atoms with Crippen molar-refractivity contribution < 1.29 is 9.53 Å². The summed E-state index contributed by atoms with van der Waals surface area (Å²) in [6, 6.07) is -0.112. The van der Waals surface area contributed by atoms with Crippen LogP contribution in [-0.4, -0.2) is 51.4 Å². The number of carbonyl (C=O) groups is 1. The Morgan fingerprint density at radius 1 is 1.21 bits per heavy atom. The molecule has 132 valence electrons. The Hall–Kier alpha value is -1.63. The lowest BCUT2D eigenvalue weighted by atomic mass is 9.89. The second kappa shape index (κ2) is 6.70. The zero-order valence-corrected chi connectivity index (χ0v) is 14.2. The summed E-state index contributed by atoms with van der Waals surface area (Å²) in [6.07, 6.45) is 10.6. The van der Waals surface area contributed by atoms with Crippen LogP contribution in [0.5, 0.6) is 0 Å². The SMILES string of the molecule is O=C(Nc1n[nH]c(C2CCCCC2)n1)N1CCOC2(CCCC2)C1. The summed E-state index contributed by atoms with van der Waals surface area (Å²) in [5.41, 5.74) is -0.109. The third-order valence-electron chi connectivity index (χ3n) is 5.76. The topological polar surface area (TPSA) is 83.1 Å². The van der Waals surface area contributed by atoms with Gasteiger partial charge < -0.3 is 9.64 Å². The minimum absolute atomic E-state index is 0.109. The maximum Gasteiger partial charge on any atom is 0.324 e. The van der Waals surface area contributed by atoms with Gasteiger partial charge in [-0.25, -0.2) is 4.79 Å². The van der Waals surface area contributed by atoms with E-state index in [-0.39, 0.29) is 11.6 Å². The molecule has 1 spiro atoms. The van der Waals surface area contributed by atoms with Crippen LogP contribution in [0.1, 0.15) is 69.5 Å². The van der Waals surface area contributed by atoms with Crippen LogP contribution in [0, 0.1) is 0 Å². The maximum atomic E-state index is 12.6. The molecule has 3 fully saturated rings. The molecular formula is C17H27N5O2. The number of hydrogen-bond acceptors (Lipinski definition) is 4. The molecule has 4 rings (SSSR count). The molecule has 2 heterocycles. The van der Waals surface area contributed by atoms with Crippen molar-refractivity contribution in [3.8, 4) is 0 Å². The second-order valence-electron chi connectivity index (χ2n) is 7.47. The van der Waals surface area contributed by atoms with Crippen LogP contribution in [-0.2, 0) is 4.74 Å². The number of nitrogens with zero attached hydrogens (tertiary/aromatic N) is 3. The number of urea groups is 1. The number of amides is 2. The lowest BCUT2D eigenvalue weighted by Gasteiger charge is -2.40. The van der Waals surface area contributed by atoms with Crippen molar-refractivity contribution in [3.63, 3.8) is 0 Å². The fraction of sp³-hybridized carbons (Fsp3) is 0.824. The quantitative estimate of drug-likeness (QED) is 0.871. The molecule has 0 atom stereocenters. The number of morpholine rings is 1. The summed E-state index contributed by atoms with van der Waals surface area (Å²) in [7, 11) is 0. The first-order chi connectivity index (χ1) is 11.7. The van der Waals surface area contributed by atoms with E-state index < -0.39 is 0 Å². The molecule has 7 nitrogen and oxygen atoms in total. The summed E-state index contributed by atoms with van der Waals surface area (Å²) >= 11 is 0. The van der Waals surface area contributed by atoms with Gasteiger partial charge in [-0.05, 0) is 25.7 Å². The minimum Gasteiger partial charge on any atom is -0.371 e. The molecule has 1 saturated heterocycles. The summed E-state index contributed by atoms with van der Waals surface area (Å²) in [5, 5.41) is 10.1. The van der Waals surface area contributed by atoms with Gasteiger partial charge in [0, 0.05) is 12.5 Å². The van der Waals surface area contributed by atoms with Gasteiger partial charge in [0.15, 0.2) is 0 Å². The van der Waals surface area contributed by atoms with E-state index in [1.165, 1.54) is 32.1 Å². The fourth-order valence-electron chi connectivity index (χ4n) is 4.40. The number of aromatic amines is 1. The standard InChI is InChI=1S/C17H27N5O2/c23-16(22-10-11-24-17(12-22)8-4-5-9-17)19-15-18-14(20-21-15)13-6-2-1-3-7-13/h13H,1-12H2,(H2,18,19,20,21,23). The molecule has 0 bridgehead atoms. The van der Waals surface area contributed by atoms with Crippen molar-refractivity contribution in [2.75, 3.05) is 25.0 Å². The highest BCUT2D eigenvalue weighted by molar-refractivity contribution is 5.87. The second-order valence-corrected chi connectivity index (χ2v) is 7.47. The molecule has 0 radical (unpaired) electrons. The third kappa shape index (κ3) is 3.27. The predicted octanol–water partition coefficient (Wildman–Crippen LogP) is 3.03. The van der Waals surface area contributed by atoms with E-state index in [0.29, 0.717) is 31.6 Å². The Morgan fingerprint density at radius 2 is 2.00 bits per heavy atom. The van der Waals surface area contributed by atoms with Crippen LogP contribution in [0.15, 0.2) is 0 Å². The number of hydrogen-bond donors (Lipinski definition) is 2. The first-order valence-corrected chi connectivity index (χ1v) is 9.36. The van der Waals surface area contributed by atoms with Crippen LogP contribution in [0.25, 0.3) is 0 Å². The molecule has 1 aromatic rings. The van der Waals surface area contributed by atoms with Gasteiger partial charge in [0.2, 0.25) is 5.95 Å². The number of ether oxygens (including phenoxy) is 1. The molecule has 24 heavy (non-hydrogen) atoms. The summed E-state index contributed by atoms with van der Waals surface area (Å²) in [4.78, 5) is 18.9. The maximum absolute atomic E-state index is 12.6. The molecule has 1 aromatic heterocycles. The average Bonchev–Trinajstić information content (AvgIpc) is 3.26. The zero-order chi connectivity index (χ0) is 16.4. The van der Waals surface area contributed by atoms with Gasteiger partial charge >= 0.3 is 6.03 Å². The van der Waals surface area contributed by atoms with Crippen LogP contribution in [0.4, 0.5) is 10.7 Å². The van der Waals surface area contributed by atoms with Crippen LogP contribution < -0.4 is 5.32 Å². The number of aromatic nitrogens is 3. The fourth-order valence-corrected chi connectivity index (χ4v) is 4.40. The van der Waals surface area contributed by atoms with Crippen LogP contribution >= 0.6 is 0 Å². The van der Waals surface area contributed by atoms with E-state index in [1.807, 2.05) is 4.90 Å². The van der Waals surface area contributed by atoms with Gasteiger partial charge in [0.1, 0.15) is 5.82 Å². The van der Waals surface area contributed by atoms with E-state index in [2.05, 4.69) is 20.5 Å². The Kier molecular flexibility index (Phi) is 4.43. The van der Waals surface area contributed by atoms with E-state index in [9.17, 15) is 4.79 Å². The molecule has 7 heteroatoms. The van der Waals surface area contributed by atoms with E-state index in [0.717, 1.165) is 31.5 Å². The van der Waals surface area contributed by atoms with Gasteiger partial charge in [0.25, 0.3) is 0 Å². The molecular weight excluding hydrogens is 306 g/mol. The Bertz CT molecular complexity index is 575. The minimum atomic E-state index is -0.112. The highest BCUT2D eigenvalue weighted by Crippen LogP contribution is 2.36. The number of H-pyrrole nitrogens is 1. The molecule has 2 N–H and O–H groups in total. The van der Waals surface area contributed by atoms with Gasteiger partial charge in [-0.3, -0.25) is 10.4 Å². The van der Waals surface area contributed by atoms with Crippen molar-refractivity contribution in [2.45, 2.75) is 69.3 Å². The van der Waals surface area contributed by atoms with E-state index in [4.69, 9.17) is 4.74 Å². The Balaban J connectivity index is 1.36. The van der Waals surface area contributed by atoms with Gasteiger partial charge in [-0.2, -0.15) is 4.98 Å². The predicted molar refractivity (Wildman–Crippen MR) is 90.0 cm³/mol. The summed E-state index contributed by atoms with van der Waals surface area (Å²) < 4.78 is 5.98. The number of rotatable bonds is 2. The molecule has 2 amide bonds. The highest BCUT2D eigenvalue weighted by Gasteiger charge is 2.40. The molecule has 3 aliphatic rings. The first kappa shape index (κ1) is 15.9. The highest BCUT2D eigenvalue weighted by atomic mass is 16.5. The monoisotopic (exact) mass is 333 g/mol. The van der Waals surface area contributed by atoms with Gasteiger partial charge in [-0.1, -0.05) is 32.1 Å². The number of carbonyl (C=O) groups excluding carboxylic acids is 1. The van der Waals surface area contributed by atoms with Crippen LogP contribution in [0.3, 0.4) is 0 Å². The van der Waals surface area contributed by atoms with E-state index in [1.54, 1.807) is 0 Å². The van der Waals surface area contributed by atoms with Crippen molar-refractivity contribution in [1.82, 2.24) is 20.1 Å². The first-order valence-electron chi connectivity index (χ1n) is 9.36. The Morgan fingerprint density at radius 3 is 2.79 bits per heavy atom. The molecule has 0 aromatic carbocycles. The zero-order valence-electron chi connectivity index (χ0n) is 14.2. The number of anilines is 1. The molecule has 0 unspecified atom stereocenters. The van der Waals surface area contributed by atoms with Crippen molar-refractivity contribution in [2.24, 2.45) is 0 Å². The largest absolute Gasteiger partial charge is 0.371 e. The van der Waals surface area contributed by atoms with Crippen molar-refractivity contribution >= 4 is 12.0 Å². The van der Waals surface area contributed by atoms with E-state index >= 15 is 0 Å². The lowest BCUT2D eigenvalue weighted by molar-refractivity contribution is -0.0914.